The summed E-state index contributed by atoms with van der Waals surface area (Å²) >= 11 is 0. The average molecular weight is 403 g/mol. The van der Waals surface area contributed by atoms with Gasteiger partial charge in [0.05, 0.1) is 18.0 Å². The van der Waals surface area contributed by atoms with E-state index < -0.39 is 0 Å². The van der Waals surface area contributed by atoms with Gasteiger partial charge < -0.3 is 14.5 Å². The molecule has 2 aliphatic rings. The number of anilines is 1. The summed E-state index contributed by atoms with van der Waals surface area (Å²) in [5, 5.41) is 11.3. The summed E-state index contributed by atoms with van der Waals surface area (Å²) in [6.45, 7) is 4.45. The number of piperidine rings is 1. The zero-order valence-electron chi connectivity index (χ0n) is 16.9. The standard InChI is InChI=1S/C21H29N3O5/c1-2-29-20(25)11-14-23(15-16-7-8-16)21(26)17-9-12-22(13-10-17)18-5-3-4-6-19(18)24(27)28/h3-6,16-17H,2,7-15H2,1H3. The summed E-state index contributed by atoms with van der Waals surface area (Å²) in [7, 11) is 0. The first kappa shape index (κ1) is 21.1. The molecular formula is C21H29N3O5. The van der Waals surface area contributed by atoms with Gasteiger partial charge in [0.15, 0.2) is 0 Å². The highest BCUT2D eigenvalue weighted by Crippen LogP contribution is 2.33. The monoisotopic (exact) mass is 403 g/mol. The van der Waals surface area contributed by atoms with Gasteiger partial charge in [-0.15, -0.1) is 0 Å². The molecule has 1 aliphatic heterocycles. The van der Waals surface area contributed by atoms with Gasteiger partial charge in [-0.3, -0.25) is 19.7 Å². The number of carbonyl (C=O) groups excluding carboxylic acids is 2. The third kappa shape index (κ3) is 5.68. The minimum Gasteiger partial charge on any atom is -0.466 e. The Balaban J connectivity index is 1.58. The van der Waals surface area contributed by atoms with E-state index in [1.54, 1.807) is 25.1 Å². The predicted molar refractivity (Wildman–Crippen MR) is 109 cm³/mol. The Kier molecular flexibility index (Phi) is 7.06. The van der Waals surface area contributed by atoms with Crippen LogP contribution in [0.15, 0.2) is 24.3 Å². The zero-order valence-corrected chi connectivity index (χ0v) is 16.9. The number of hydrogen-bond acceptors (Lipinski definition) is 6. The number of nitrogens with zero attached hydrogens (tertiary/aromatic N) is 3. The number of esters is 1. The molecule has 1 amide bonds. The molecule has 1 aromatic carbocycles. The lowest BCUT2D eigenvalue weighted by atomic mass is 9.94. The third-order valence-electron chi connectivity index (χ3n) is 5.64. The van der Waals surface area contributed by atoms with Crippen molar-refractivity contribution in [3.05, 3.63) is 34.4 Å². The molecule has 8 nitrogen and oxygen atoms in total. The first-order chi connectivity index (χ1) is 14.0. The van der Waals surface area contributed by atoms with E-state index in [0.717, 1.165) is 12.8 Å². The molecule has 8 heteroatoms. The maximum atomic E-state index is 13.1. The molecule has 0 aromatic heterocycles. The average Bonchev–Trinajstić information content (AvgIpc) is 3.55. The van der Waals surface area contributed by atoms with Crippen molar-refractivity contribution in [2.24, 2.45) is 11.8 Å². The Hall–Kier alpha value is -2.64. The van der Waals surface area contributed by atoms with Crippen LogP contribution < -0.4 is 4.90 Å². The van der Waals surface area contributed by atoms with Crippen molar-refractivity contribution < 1.29 is 19.2 Å². The first-order valence-corrected chi connectivity index (χ1v) is 10.4. The summed E-state index contributed by atoms with van der Waals surface area (Å²) in [6.07, 6.45) is 3.82. The molecule has 3 rings (SSSR count). The number of benzene rings is 1. The number of nitro benzene ring substituents is 1. The number of hydrogen-bond donors (Lipinski definition) is 0. The van der Waals surface area contributed by atoms with Crippen LogP contribution in [0.25, 0.3) is 0 Å². The Morgan fingerprint density at radius 3 is 2.52 bits per heavy atom. The van der Waals surface area contributed by atoms with E-state index >= 15 is 0 Å². The smallest absolute Gasteiger partial charge is 0.307 e. The Bertz CT molecular complexity index is 742. The van der Waals surface area contributed by atoms with Crippen LogP contribution in [-0.2, 0) is 14.3 Å². The molecule has 0 radical (unpaired) electrons. The van der Waals surface area contributed by atoms with Gasteiger partial charge in [0.1, 0.15) is 5.69 Å². The van der Waals surface area contributed by atoms with E-state index in [2.05, 4.69) is 0 Å². The fraction of sp³-hybridized carbons (Fsp3) is 0.619. The van der Waals surface area contributed by atoms with Crippen molar-refractivity contribution in [3.8, 4) is 0 Å². The highest BCUT2D eigenvalue weighted by atomic mass is 16.6. The summed E-state index contributed by atoms with van der Waals surface area (Å²) < 4.78 is 4.99. The van der Waals surface area contributed by atoms with E-state index in [0.29, 0.717) is 57.2 Å². The van der Waals surface area contributed by atoms with Gasteiger partial charge in [-0.1, -0.05) is 12.1 Å². The molecule has 158 valence electrons. The quantitative estimate of drug-likeness (QED) is 0.357. The number of carbonyl (C=O) groups is 2. The lowest BCUT2D eigenvalue weighted by Crippen LogP contribution is -2.44. The topological polar surface area (TPSA) is 93.0 Å². The number of para-hydroxylation sites is 2. The summed E-state index contributed by atoms with van der Waals surface area (Å²) in [5.41, 5.74) is 0.711. The second-order valence-electron chi connectivity index (χ2n) is 7.79. The molecular weight excluding hydrogens is 374 g/mol. The van der Waals surface area contributed by atoms with Gasteiger partial charge in [0.2, 0.25) is 5.91 Å². The van der Waals surface area contributed by atoms with Crippen LogP contribution in [-0.4, -0.2) is 54.5 Å². The maximum Gasteiger partial charge on any atom is 0.307 e. The lowest BCUT2D eigenvalue weighted by molar-refractivity contribution is -0.384. The van der Waals surface area contributed by atoms with Crippen molar-refractivity contribution in [1.29, 1.82) is 0 Å². The maximum absolute atomic E-state index is 13.1. The van der Waals surface area contributed by atoms with Gasteiger partial charge in [0.25, 0.3) is 5.69 Å². The summed E-state index contributed by atoms with van der Waals surface area (Å²) in [6, 6.07) is 6.74. The molecule has 0 bridgehead atoms. The fourth-order valence-electron chi connectivity index (χ4n) is 3.87. The highest BCUT2D eigenvalue weighted by molar-refractivity contribution is 5.80. The highest BCUT2D eigenvalue weighted by Gasteiger charge is 2.33. The van der Waals surface area contributed by atoms with Crippen molar-refractivity contribution in [2.75, 3.05) is 37.7 Å². The van der Waals surface area contributed by atoms with Gasteiger partial charge in [-0.2, -0.15) is 0 Å². The third-order valence-corrected chi connectivity index (χ3v) is 5.64. The van der Waals surface area contributed by atoms with Crippen LogP contribution in [0.4, 0.5) is 11.4 Å². The number of nitro groups is 1. The minimum absolute atomic E-state index is 0.0991. The SMILES string of the molecule is CCOC(=O)CCN(CC1CC1)C(=O)C1CCN(c2ccccc2[N+](=O)[O-])CC1. The first-order valence-electron chi connectivity index (χ1n) is 10.4. The lowest BCUT2D eigenvalue weighted by Gasteiger charge is -2.35. The second kappa shape index (κ2) is 9.71. The van der Waals surface area contributed by atoms with E-state index in [-0.39, 0.29) is 34.8 Å². The van der Waals surface area contributed by atoms with Crippen LogP contribution >= 0.6 is 0 Å². The molecule has 1 saturated carbocycles. The fourth-order valence-corrected chi connectivity index (χ4v) is 3.87. The van der Waals surface area contributed by atoms with Crippen LogP contribution in [0.5, 0.6) is 0 Å². The Morgan fingerprint density at radius 2 is 1.90 bits per heavy atom. The van der Waals surface area contributed by atoms with Crippen molar-refractivity contribution in [3.63, 3.8) is 0 Å². The Morgan fingerprint density at radius 1 is 1.21 bits per heavy atom. The largest absolute Gasteiger partial charge is 0.466 e. The van der Waals surface area contributed by atoms with E-state index in [1.165, 1.54) is 6.07 Å². The molecule has 1 saturated heterocycles. The normalized spacial score (nSPS) is 17.1. The summed E-state index contributed by atoms with van der Waals surface area (Å²) in [5.74, 6) is 0.277. The molecule has 0 unspecified atom stereocenters. The van der Waals surface area contributed by atoms with Crippen LogP contribution in [0.2, 0.25) is 0 Å². The van der Waals surface area contributed by atoms with Gasteiger partial charge in [-0.25, -0.2) is 0 Å². The van der Waals surface area contributed by atoms with E-state index in [1.807, 2.05) is 9.80 Å². The molecule has 0 spiro atoms. The minimum atomic E-state index is -0.362. The van der Waals surface area contributed by atoms with Crippen molar-refractivity contribution >= 4 is 23.3 Å². The molecule has 0 N–H and O–H groups in total. The van der Waals surface area contributed by atoms with Crippen molar-refractivity contribution in [1.82, 2.24) is 4.90 Å². The number of ether oxygens (including phenoxy) is 1. The number of amides is 1. The molecule has 29 heavy (non-hydrogen) atoms. The van der Waals surface area contributed by atoms with E-state index in [9.17, 15) is 19.7 Å². The summed E-state index contributed by atoms with van der Waals surface area (Å²) in [4.78, 5) is 39.6. The van der Waals surface area contributed by atoms with Crippen LogP contribution in [0.1, 0.15) is 39.0 Å². The van der Waals surface area contributed by atoms with E-state index in [4.69, 9.17) is 4.74 Å². The molecule has 1 aliphatic carbocycles. The van der Waals surface area contributed by atoms with Crippen LogP contribution in [0, 0.1) is 22.0 Å². The molecule has 1 heterocycles. The number of rotatable bonds is 9. The molecule has 0 atom stereocenters. The molecule has 2 fully saturated rings. The van der Waals surface area contributed by atoms with Gasteiger partial charge in [0, 0.05) is 38.2 Å². The predicted octanol–water partition coefficient (Wildman–Crippen LogP) is 3.00. The van der Waals surface area contributed by atoms with Crippen molar-refractivity contribution in [2.45, 2.75) is 39.0 Å². The zero-order chi connectivity index (χ0) is 20.8. The Labute approximate surface area is 171 Å². The van der Waals surface area contributed by atoms with Crippen LogP contribution in [0.3, 0.4) is 0 Å². The second-order valence-corrected chi connectivity index (χ2v) is 7.79. The molecule has 1 aromatic rings. The van der Waals surface area contributed by atoms with Gasteiger partial charge >= 0.3 is 5.97 Å². The van der Waals surface area contributed by atoms with Gasteiger partial charge in [-0.05, 0) is 44.6 Å².